The Kier molecular flexibility index (Phi) is 4.46. The van der Waals surface area contributed by atoms with Gasteiger partial charge in [0.1, 0.15) is 18.1 Å². The summed E-state index contributed by atoms with van der Waals surface area (Å²) in [5.41, 5.74) is -0.0234. The lowest BCUT2D eigenvalue weighted by Gasteiger charge is -2.15. The van der Waals surface area contributed by atoms with Gasteiger partial charge in [-0.05, 0) is 25.2 Å². The molecule has 1 heterocycles. The lowest BCUT2D eigenvalue weighted by molar-refractivity contribution is 0.162. The molecule has 108 valence electrons. The Labute approximate surface area is 114 Å². The maximum absolute atomic E-state index is 13.8. The minimum absolute atomic E-state index is 0.0234. The number of halogens is 3. The summed E-state index contributed by atoms with van der Waals surface area (Å²) >= 11 is 0. The van der Waals surface area contributed by atoms with Crippen molar-refractivity contribution in [2.45, 2.75) is 12.6 Å². The fourth-order valence-corrected chi connectivity index (χ4v) is 1.98. The van der Waals surface area contributed by atoms with Gasteiger partial charge in [0.25, 0.3) is 0 Å². The number of rotatable bonds is 5. The van der Waals surface area contributed by atoms with Gasteiger partial charge in [-0.15, -0.1) is 0 Å². The summed E-state index contributed by atoms with van der Waals surface area (Å²) in [6, 6.07) is 4.68. The first-order valence-electron chi connectivity index (χ1n) is 5.96. The molecule has 1 atom stereocenters. The molecule has 0 aliphatic rings. The van der Waals surface area contributed by atoms with Gasteiger partial charge in [-0.3, -0.25) is 0 Å². The highest BCUT2D eigenvalue weighted by molar-refractivity contribution is 5.30. The zero-order valence-corrected chi connectivity index (χ0v) is 11.0. The van der Waals surface area contributed by atoms with E-state index in [4.69, 9.17) is 9.15 Å². The van der Waals surface area contributed by atoms with Crippen LogP contribution in [0.4, 0.5) is 13.2 Å². The summed E-state index contributed by atoms with van der Waals surface area (Å²) in [6.07, 6.45) is 0. The van der Waals surface area contributed by atoms with Crippen LogP contribution >= 0.6 is 0 Å². The molecule has 2 rings (SSSR count). The average Bonchev–Trinajstić information content (AvgIpc) is 2.88. The third-order valence-electron chi connectivity index (χ3n) is 2.92. The van der Waals surface area contributed by atoms with E-state index in [1.807, 2.05) is 0 Å². The molecule has 0 bridgehead atoms. The quantitative estimate of drug-likeness (QED) is 0.857. The molecular formula is C14H14F3NO2. The minimum Gasteiger partial charge on any atom is -0.462 e. The third-order valence-corrected chi connectivity index (χ3v) is 2.92. The van der Waals surface area contributed by atoms with E-state index in [1.54, 1.807) is 19.2 Å². The van der Waals surface area contributed by atoms with Crippen molar-refractivity contribution >= 4 is 0 Å². The smallest absolute Gasteiger partial charge is 0.194 e. The molecule has 0 spiro atoms. The summed E-state index contributed by atoms with van der Waals surface area (Å²) in [6.45, 7) is 0.274. The molecule has 0 fully saturated rings. The van der Waals surface area contributed by atoms with Crippen LogP contribution in [-0.4, -0.2) is 14.2 Å². The highest BCUT2D eigenvalue weighted by atomic mass is 19.2. The van der Waals surface area contributed by atoms with Crippen molar-refractivity contribution in [3.8, 4) is 0 Å². The van der Waals surface area contributed by atoms with Crippen molar-refractivity contribution in [3.63, 3.8) is 0 Å². The Morgan fingerprint density at radius 1 is 1.15 bits per heavy atom. The van der Waals surface area contributed by atoms with Gasteiger partial charge in [-0.2, -0.15) is 0 Å². The Morgan fingerprint density at radius 2 is 1.90 bits per heavy atom. The van der Waals surface area contributed by atoms with E-state index < -0.39 is 23.5 Å². The summed E-state index contributed by atoms with van der Waals surface area (Å²) in [7, 11) is 3.09. The van der Waals surface area contributed by atoms with Crippen molar-refractivity contribution in [2.24, 2.45) is 0 Å². The molecule has 6 heteroatoms. The van der Waals surface area contributed by atoms with Gasteiger partial charge < -0.3 is 14.5 Å². The SMILES string of the molecule is CNC(c1ccc(COC)o1)c1ccc(F)c(F)c1F. The van der Waals surface area contributed by atoms with Crippen molar-refractivity contribution in [3.05, 3.63) is 58.8 Å². The number of furan rings is 1. The first kappa shape index (κ1) is 14.6. The molecule has 1 N–H and O–H groups in total. The maximum atomic E-state index is 13.8. The second-order valence-corrected chi connectivity index (χ2v) is 4.22. The summed E-state index contributed by atoms with van der Waals surface area (Å²) < 4.78 is 50.5. The van der Waals surface area contributed by atoms with Crippen LogP contribution in [0, 0.1) is 17.5 Å². The minimum atomic E-state index is -1.49. The number of methoxy groups -OCH3 is 1. The van der Waals surface area contributed by atoms with Crippen molar-refractivity contribution < 1.29 is 22.3 Å². The van der Waals surface area contributed by atoms with Gasteiger partial charge in [0.2, 0.25) is 0 Å². The lowest BCUT2D eigenvalue weighted by atomic mass is 10.0. The van der Waals surface area contributed by atoms with Gasteiger partial charge in [0.15, 0.2) is 17.5 Å². The van der Waals surface area contributed by atoms with E-state index >= 15 is 0 Å². The molecule has 0 aliphatic carbocycles. The van der Waals surface area contributed by atoms with E-state index in [0.29, 0.717) is 11.5 Å². The van der Waals surface area contributed by atoms with Gasteiger partial charge >= 0.3 is 0 Å². The molecule has 2 aromatic rings. The zero-order valence-electron chi connectivity index (χ0n) is 11.0. The molecule has 0 saturated heterocycles. The predicted octanol–water partition coefficient (Wildman–Crippen LogP) is 3.15. The maximum Gasteiger partial charge on any atom is 0.194 e. The van der Waals surface area contributed by atoms with E-state index in [0.717, 1.165) is 6.07 Å². The number of benzene rings is 1. The second kappa shape index (κ2) is 6.11. The second-order valence-electron chi connectivity index (χ2n) is 4.22. The summed E-state index contributed by atoms with van der Waals surface area (Å²) in [4.78, 5) is 0. The monoisotopic (exact) mass is 285 g/mol. The molecule has 0 saturated carbocycles. The average molecular weight is 285 g/mol. The fraction of sp³-hybridized carbons (Fsp3) is 0.286. The first-order chi connectivity index (χ1) is 9.58. The number of hydrogen-bond acceptors (Lipinski definition) is 3. The molecular weight excluding hydrogens is 271 g/mol. The Bertz CT molecular complexity index is 598. The van der Waals surface area contributed by atoms with Crippen LogP contribution in [-0.2, 0) is 11.3 Å². The van der Waals surface area contributed by atoms with Crippen LogP contribution in [0.2, 0.25) is 0 Å². The molecule has 1 aromatic heterocycles. The lowest BCUT2D eigenvalue weighted by Crippen LogP contribution is -2.19. The summed E-state index contributed by atoms with van der Waals surface area (Å²) in [5, 5.41) is 2.81. The first-order valence-corrected chi connectivity index (χ1v) is 5.96. The van der Waals surface area contributed by atoms with Crippen LogP contribution < -0.4 is 5.32 Å². The van der Waals surface area contributed by atoms with E-state index in [-0.39, 0.29) is 12.2 Å². The molecule has 20 heavy (non-hydrogen) atoms. The molecule has 1 aromatic carbocycles. The van der Waals surface area contributed by atoms with Crippen LogP contribution in [0.3, 0.4) is 0 Å². The molecule has 0 amide bonds. The highest BCUT2D eigenvalue weighted by Gasteiger charge is 2.23. The molecule has 0 aliphatic heterocycles. The van der Waals surface area contributed by atoms with E-state index in [9.17, 15) is 13.2 Å². The Hall–Kier alpha value is -1.79. The Balaban J connectivity index is 2.39. The number of nitrogens with one attached hydrogen (secondary N) is 1. The van der Waals surface area contributed by atoms with Crippen LogP contribution in [0.5, 0.6) is 0 Å². The van der Waals surface area contributed by atoms with Crippen molar-refractivity contribution in [2.75, 3.05) is 14.2 Å². The van der Waals surface area contributed by atoms with Crippen LogP contribution in [0.1, 0.15) is 23.1 Å². The third kappa shape index (κ3) is 2.71. The van der Waals surface area contributed by atoms with Crippen LogP contribution in [0.25, 0.3) is 0 Å². The Morgan fingerprint density at radius 3 is 2.55 bits per heavy atom. The van der Waals surface area contributed by atoms with Gasteiger partial charge in [-0.1, -0.05) is 6.07 Å². The number of hydrogen-bond donors (Lipinski definition) is 1. The molecule has 3 nitrogen and oxygen atoms in total. The van der Waals surface area contributed by atoms with Crippen molar-refractivity contribution in [1.82, 2.24) is 5.32 Å². The van der Waals surface area contributed by atoms with Gasteiger partial charge in [0.05, 0.1) is 6.04 Å². The van der Waals surface area contributed by atoms with Gasteiger partial charge in [-0.25, -0.2) is 13.2 Å². The molecule has 0 radical (unpaired) electrons. The standard InChI is InChI=1S/C14H14F3NO2/c1-18-14(11-6-3-8(20-11)7-19-2)9-4-5-10(15)13(17)12(9)16/h3-6,14,18H,7H2,1-2H3. The zero-order chi connectivity index (χ0) is 14.7. The molecule has 1 unspecified atom stereocenters. The predicted molar refractivity (Wildman–Crippen MR) is 66.6 cm³/mol. The van der Waals surface area contributed by atoms with E-state index in [2.05, 4.69) is 5.32 Å². The van der Waals surface area contributed by atoms with Crippen LogP contribution in [0.15, 0.2) is 28.7 Å². The topological polar surface area (TPSA) is 34.4 Å². The highest BCUT2D eigenvalue weighted by Crippen LogP contribution is 2.28. The summed E-state index contributed by atoms with van der Waals surface area (Å²) in [5.74, 6) is -2.99. The number of ether oxygens (including phenoxy) is 1. The normalized spacial score (nSPS) is 12.7. The van der Waals surface area contributed by atoms with E-state index in [1.165, 1.54) is 13.2 Å². The van der Waals surface area contributed by atoms with Gasteiger partial charge in [0, 0.05) is 12.7 Å². The van der Waals surface area contributed by atoms with Crippen molar-refractivity contribution in [1.29, 1.82) is 0 Å². The fourth-order valence-electron chi connectivity index (χ4n) is 1.98. The largest absolute Gasteiger partial charge is 0.462 e.